The second kappa shape index (κ2) is 4.78. The zero-order valence-electron chi connectivity index (χ0n) is 9.71. The summed E-state index contributed by atoms with van der Waals surface area (Å²) < 4.78 is 5.40. The number of hydrogen-bond acceptors (Lipinski definition) is 5. The standard InChI is InChI=1S/C12H13N3O2/c1-3-17-10-5-4-9(11(16)8(10)2)12-14-6-13-7-15-12/h4-7,16H,3H2,1-2H3. The van der Waals surface area contributed by atoms with Gasteiger partial charge < -0.3 is 9.84 Å². The van der Waals surface area contributed by atoms with Crippen LogP contribution in [0.4, 0.5) is 0 Å². The molecule has 5 heteroatoms. The van der Waals surface area contributed by atoms with Crippen LogP contribution in [0.25, 0.3) is 11.4 Å². The Morgan fingerprint density at radius 2 is 1.94 bits per heavy atom. The van der Waals surface area contributed by atoms with E-state index in [1.54, 1.807) is 19.1 Å². The maximum absolute atomic E-state index is 10.1. The summed E-state index contributed by atoms with van der Waals surface area (Å²) in [6, 6.07) is 3.54. The van der Waals surface area contributed by atoms with Crippen molar-refractivity contribution in [2.45, 2.75) is 13.8 Å². The lowest BCUT2D eigenvalue weighted by molar-refractivity contribution is 0.335. The Kier molecular flexibility index (Phi) is 3.18. The van der Waals surface area contributed by atoms with Gasteiger partial charge in [-0.15, -0.1) is 0 Å². The number of aromatic hydroxyl groups is 1. The number of phenols is 1. The maximum Gasteiger partial charge on any atom is 0.166 e. The summed E-state index contributed by atoms with van der Waals surface area (Å²) in [5.74, 6) is 1.26. The molecule has 0 amide bonds. The van der Waals surface area contributed by atoms with Crippen molar-refractivity contribution >= 4 is 0 Å². The topological polar surface area (TPSA) is 68.1 Å². The third-order valence-corrected chi connectivity index (χ3v) is 2.42. The normalized spacial score (nSPS) is 10.2. The first kappa shape index (κ1) is 11.3. The largest absolute Gasteiger partial charge is 0.507 e. The lowest BCUT2D eigenvalue weighted by Gasteiger charge is -2.11. The smallest absolute Gasteiger partial charge is 0.166 e. The van der Waals surface area contributed by atoms with Crippen LogP contribution in [-0.4, -0.2) is 26.7 Å². The van der Waals surface area contributed by atoms with Gasteiger partial charge in [-0.25, -0.2) is 15.0 Å². The van der Waals surface area contributed by atoms with E-state index in [-0.39, 0.29) is 5.75 Å². The molecule has 0 fully saturated rings. The van der Waals surface area contributed by atoms with Crippen LogP contribution in [0.3, 0.4) is 0 Å². The van der Waals surface area contributed by atoms with Crippen molar-refractivity contribution in [1.29, 1.82) is 0 Å². The van der Waals surface area contributed by atoms with E-state index < -0.39 is 0 Å². The number of hydrogen-bond donors (Lipinski definition) is 1. The van der Waals surface area contributed by atoms with Gasteiger partial charge in [-0.05, 0) is 26.0 Å². The van der Waals surface area contributed by atoms with Crippen molar-refractivity contribution in [1.82, 2.24) is 15.0 Å². The summed E-state index contributed by atoms with van der Waals surface area (Å²) in [5, 5.41) is 10.1. The van der Waals surface area contributed by atoms with E-state index in [1.807, 2.05) is 6.92 Å². The number of ether oxygens (including phenoxy) is 1. The summed E-state index contributed by atoms with van der Waals surface area (Å²) >= 11 is 0. The Hall–Kier alpha value is -2.17. The van der Waals surface area contributed by atoms with Crippen LogP contribution < -0.4 is 4.74 Å². The SMILES string of the molecule is CCOc1ccc(-c2ncncn2)c(O)c1C. The maximum atomic E-state index is 10.1. The van der Waals surface area contributed by atoms with Crippen LogP contribution in [-0.2, 0) is 0 Å². The first-order chi connectivity index (χ1) is 8.24. The van der Waals surface area contributed by atoms with Gasteiger partial charge in [0, 0.05) is 5.56 Å². The molecule has 1 aromatic heterocycles. The molecule has 0 saturated heterocycles. The van der Waals surface area contributed by atoms with Gasteiger partial charge in [0.15, 0.2) is 5.82 Å². The van der Waals surface area contributed by atoms with Crippen LogP contribution in [0.5, 0.6) is 11.5 Å². The second-order valence-electron chi connectivity index (χ2n) is 3.48. The average Bonchev–Trinajstić information content (AvgIpc) is 2.36. The van der Waals surface area contributed by atoms with Crippen molar-refractivity contribution in [3.05, 3.63) is 30.4 Å². The highest BCUT2D eigenvalue weighted by Gasteiger charge is 2.12. The third-order valence-electron chi connectivity index (χ3n) is 2.42. The van der Waals surface area contributed by atoms with Gasteiger partial charge in [-0.3, -0.25) is 0 Å². The number of rotatable bonds is 3. The predicted octanol–water partition coefficient (Wildman–Crippen LogP) is 1.95. The molecule has 0 radical (unpaired) electrons. The minimum absolute atomic E-state index is 0.141. The number of phenolic OH excluding ortho intramolecular Hbond substituents is 1. The van der Waals surface area contributed by atoms with E-state index in [0.717, 1.165) is 0 Å². The van der Waals surface area contributed by atoms with E-state index in [0.29, 0.717) is 29.3 Å². The second-order valence-corrected chi connectivity index (χ2v) is 3.48. The Bertz CT molecular complexity index is 515. The molecular weight excluding hydrogens is 218 g/mol. The molecule has 0 aliphatic rings. The van der Waals surface area contributed by atoms with Gasteiger partial charge >= 0.3 is 0 Å². The lowest BCUT2D eigenvalue weighted by atomic mass is 10.1. The van der Waals surface area contributed by atoms with E-state index in [1.165, 1.54) is 12.7 Å². The molecule has 17 heavy (non-hydrogen) atoms. The Morgan fingerprint density at radius 3 is 2.59 bits per heavy atom. The Balaban J connectivity index is 2.48. The first-order valence-corrected chi connectivity index (χ1v) is 5.31. The van der Waals surface area contributed by atoms with E-state index in [2.05, 4.69) is 15.0 Å². The predicted molar refractivity (Wildman–Crippen MR) is 62.8 cm³/mol. The molecule has 0 saturated carbocycles. The molecule has 2 aromatic rings. The molecule has 2 rings (SSSR count). The molecule has 0 aliphatic carbocycles. The fourth-order valence-corrected chi connectivity index (χ4v) is 1.55. The Labute approximate surface area is 99.2 Å². The summed E-state index contributed by atoms with van der Waals surface area (Å²) in [7, 11) is 0. The van der Waals surface area contributed by atoms with Crippen LogP contribution in [0.1, 0.15) is 12.5 Å². The summed E-state index contributed by atoms with van der Waals surface area (Å²) in [6.07, 6.45) is 2.79. The molecule has 88 valence electrons. The van der Waals surface area contributed by atoms with E-state index in [4.69, 9.17) is 4.74 Å². The number of benzene rings is 1. The molecule has 1 N–H and O–H groups in total. The highest BCUT2D eigenvalue weighted by molar-refractivity contribution is 5.68. The van der Waals surface area contributed by atoms with Gasteiger partial charge in [0.25, 0.3) is 0 Å². The van der Waals surface area contributed by atoms with Crippen LogP contribution in [0.15, 0.2) is 24.8 Å². The summed E-state index contributed by atoms with van der Waals surface area (Å²) in [5.41, 5.74) is 1.26. The van der Waals surface area contributed by atoms with E-state index in [9.17, 15) is 5.11 Å². The Morgan fingerprint density at radius 1 is 1.24 bits per heavy atom. The molecule has 0 aliphatic heterocycles. The highest BCUT2D eigenvalue weighted by atomic mass is 16.5. The monoisotopic (exact) mass is 231 g/mol. The van der Waals surface area contributed by atoms with Crippen LogP contribution >= 0.6 is 0 Å². The molecule has 0 unspecified atom stereocenters. The zero-order valence-corrected chi connectivity index (χ0v) is 9.71. The fraction of sp³-hybridized carbons (Fsp3) is 0.250. The van der Waals surface area contributed by atoms with Crippen LogP contribution in [0, 0.1) is 6.92 Å². The van der Waals surface area contributed by atoms with Gasteiger partial charge in [0.1, 0.15) is 24.2 Å². The molecule has 1 aromatic carbocycles. The van der Waals surface area contributed by atoms with Crippen molar-refractivity contribution in [3.8, 4) is 22.9 Å². The summed E-state index contributed by atoms with van der Waals surface area (Å²) in [4.78, 5) is 11.7. The van der Waals surface area contributed by atoms with Crippen LogP contribution in [0.2, 0.25) is 0 Å². The van der Waals surface area contributed by atoms with Gasteiger partial charge in [-0.2, -0.15) is 0 Å². The quantitative estimate of drug-likeness (QED) is 0.874. The van der Waals surface area contributed by atoms with Gasteiger partial charge in [0.2, 0.25) is 0 Å². The highest BCUT2D eigenvalue weighted by Crippen LogP contribution is 2.35. The number of aromatic nitrogens is 3. The van der Waals surface area contributed by atoms with Crippen molar-refractivity contribution < 1.29 is 9.84 Å². The summed E-state index contributed by atoms with van der Waals surface area (Å²) in [6.45, 7) is 4.26. The minimum atomic E-state index is 0.141. The van der Waals surface area contributed by atoms with Crippen molar-refractivity contribution in [2.75, 3.05) is 6.61 Å². The molecule has 0 bridgehead atoms. The average molecular weight is 231 g/mol. The lowest BCUT2D eigenvalue weighted by Crippen LogP contribution is -1.96. The molecule has 0 atom stereocenters. The molecule has 1 heterocycles. The molecule has 0 spiro atoms. The van der Waals surface area contributed by atoms with Crippen molar-refractivity contribution in [3.63, 3.8) is 0 Å². The van der Waals surface area contributed by atoms with Crippen molar-refractivity contribution in [2.24, 2.45) is 0 Å². The molecule has 5 nitrogen and oxygen atoms in total. The third kappa shape index (κ3) is 2.18. The first-order valence-electron chi connectivity index (χ1n) is 5.31. The fourth-order valence-electron chi connectivity index (χ4n) is 1.55. The van der Waals surface area contributed by atoms with Gasteiger partial charge in [-0.1, -0.05) is 0 Å². The van der Waals surface area contributed by atoms with Gasteiger partial charge in [0.05, 0.1) is 12.2 Å². The zero-order chi connectivity index (χ0) is 12.3. The molecular formula is C12H13N3O2. The number of nitrogens with zero attached hydrogens (tertiary/aromatic N) is 3. The minimum Gasteiger partial charge on any atom is -0.507 e. The van der Waals surface area contributed by atoms with E-state index >= 15 is 0 Å².